The Morgan fingerprint density at radius 2 is 2.09 bits per heavy atom. The number of carbonyl (C=O) groups is 1. The van der Waals surface area contributed by atoms with Crippen LogP contribution in [0.5, 0.6) is 11.5 Å². The van der Waals surface area contributed by atoms with Crippen molar-refractivity contribution >= 4 is 23.4 Å². The van der Waals surface area contributed by atoms with E-state index in [9.17, 15) is 4.79 Å². The maximum atomic E-state index is 12.1. The van der Waals surface area contributed by atoms with Crippen LogP contribution >= 0.6 is 11.8 Å². The molecule has 2 aromatic rings. The number of nitrogens with one attached hydrogen (secondary N) is 1. The molecule has 0 saturated heterocycles. The molecule has 1 amide bonds. The number of aromatic nitrogens is 2. The van der Waals surface area contributed by atoms with E-state index in [-0.39, 0.29) is 11.7 Å². The fourth-order valence-corrected chi connectivity index (χ4v) is 2.40. The van der Waals surface area contributed by atoms with Crippen molar-refractivity contribution in [3.05, 3.63) is 36.2 Å². The highest BCUT2D eigenvalue weighted by atomic mass is 32.2. The van der Waals surface area contributed by atoms with Gasteiger partial charge in [-0.3, -0.25) is 4.79 Å². The van der Waals surface area contributed by atoms with Gasteiger partial charge in [0.2, 0.25) is 5.91 Å². The summed E-state index contributed by atoms with van der Waals surface area (Å²) >= 11 is 1.28. The molecule has 1 N–H and O–H groups in total. The van der Waals surface area contributed by atoms with Gasteiger partial charge in [-0.2, -0.15) is 0 Å². The minimum atomic E-state index is -0.165. The number of nitrogens with zero attached hydrogens (tertiary/aromatic N) is 2. The first-order chi connectivity index (χ1) is 10.6. The molecule has 1 heterocycles. The van der Waals surface area contributed by atoms with Gasteiger partial charge in [0.15, 0.2) is 5.16 Å². The third-order valence-corrected chi connectivity index (χ3v) is 3.65. The molecule has 0 unspecified atom stereocenters. The highest BCUT2D eigenvalue weighted by Crippen LogP contribution is 2.29. The number of anilines is 1. The zero-order chi connectivity index (χ0) is 15.9. The molecular weight excluding hydrogens is 302 g/mol. The predicted octanol–water partition coefficient (Wildman–Crippen LogP) is 2.53. The average Bonchev–Trinajstić information content (AvgIpc) is 2.53. The zero-order valence-corrected chi connectivity index (χ0v) is 13.4. The van der Waals surface area contributed by atoms with Crippen LogP contribution in [0.25, 0.3) is 0 Å². The molecule has 0 saturated carbocycles. The first kappa shape index (κ1) is 16.1. The van der Waals surface area contributed by atoms with Gasteiger partial charge in [0.05, 0.1) is 25.7 Å². The van der Waals surface area contributed by atoms with Gasteiger partial charge in [-0.05, 0) is 25.1 Å². The average molecular weight is 319 g/mol. The van der Waals surface area contributed by atoms with E-state index in [1.54, 1.807) is 38.6 Å². The Kier molecular flexibility index (Phi) is 5.60. The highest BCUT2D eigenvalue weighted by Gasteiger charge is 2.10. The Hall–Kier alpha value is -2.28. The van der Waals surface area contributed by atoms with Crippen LogP contribution in [0.15, 0.2) is 35.6 Å². The van der Waals surface area contributed by atoms with Gasteiger partial charge in [0, 0.05) is 18.0 Å². The van der Waals surface area contributed by atoms with Crippen molar-refractivity contribution in [3.63, 3.8) is 0 Å². The summed E-state index contributed by atoms with van der Waals surface area (Å²) in [6.45, 7) is 1.88. The van der Waals surface area contributed by atoms with Crippen LogP contribution in [0.2, 0.25) is 0 Å². The second-order valence-electron chi connectivity index (χ2n) is 4.38. The van der Waals surface area contributed by atoms with Crippen LogP contribution < -0.4 is 14.8 Å². The van der Waals surface area contributed by atoms with Crippen LogP contribution in [0.1, 0.15) is 5.69 Å². The topological polar surface area (TPSA) is 73.3 Å². The second kappa shape index (κ2) is 7.65. The minimum Gasteiger partial charge on any atom is -0.497 e. The van der Waals surface area contributed by atoms with Gasteiger partial charge in [0.1, 0.15) is 11.5 Å². The van der Waals surface area contributed by atoms with E-state index >= 15 is 0 Å². The summed E-state index contributed by atoms with van der Waals surface area (Å²) in [5.74, 6) is 1.27. The number of thioether (sulfide) groups is 1. The van der Waals surface area contributed by atoms with Crippen LogP contribution in [0.4, 0.5) is 5.69 Å². The molecule has 2 rings (SSSR count). The van der Waals surface area contributed by atoms with Gasteiger partial charge < -0.3 is 14.8 Å². The van der Waals surface area contributed by atoms with E-state index in [0.29, 0.717) is 22.3 Å². The van der Waals surface area contributed by atoms with E-state index in [1.165, 1.54) is 11.8 Å². The van der Waals surface area contributed by atoms with Crippen molar-refractivity contribution in [2.75, 3.05) is 25.3 Å². The lowest BCUT2D eigenvalue weighted by atomic mass is 10.2. The second-order valence-corrected chi connectivity index (χ2v) is 5.33. The number of benzene rings is 1. The number of amides is 1. The van der Waals surface area contributed by atoms with Crippen LogP contribution in [0.3, 0.4) is 0 Å². The SMILES string of the molecule is COc1ccc(OC)c(NC(=O)CSc2nccc(C)n2)c1. The van der Waals surface area contributed by atoms with Gasteiger partial charge in [-0.15, -0.1) is 0 Å². The summed E-state index contributed by atoms with van der Waals surface area (Å²) in [5, 5.41) is 3.38. The van der Waals surface area contributed by atoms with E-state index in [1.807, 2.05) is 13.0 Å². The Bertz CT molecular complexity index is 664. The number of aryl methyl sites for hydroxylation is 1. The smallest absolute Gasteiger partial charge is 0.234 e. The van der Waals surface area contributed by atoms with Crippen molar-refractivity contribution in [1.29, 1.82) is 0 Å². The molecule has 7 heteroatoms. The predicted molar refractivity (Wildman–Crippen MR) is 85.7 cm³/mol. The first-order valence-corrected chi connectivity index (χ1v) is 7.55. The van der Waals surface area contributed by atoms with Crippen LogP contribution in [0, 0.1) is 6.92 Å². The molecule has 6 nitrogen and oxygen atoms in total. The number of ether oxygens (including phenoxy) is 2. The van der Waals surface area contributed by atoms with E-state index in [4.69, 9.17) is 9.47 Å². The molecule has 0 aliphatic carbocycles. The number of rotatable bonds is 6. The van der Waals surface area contributed by atoms with Crippen molar-refractivity contribution in [1.82, 2.24) is 9.97 Å². The van der Waals surface area contributed by atoms with Gasteiger partial charge in [0.25, 0.3) is 0 Å². The quantitative estimate of drug-likeness (QED) is 0.651. The largest absolute Gasteiger partial charge is 0.497 e. The third-order valence-electron chi connectivity index (χ3n) is 2.79. The lowest BCUT2D eigenvalue weighted by molar-refractivity contribution is -0.113. The molecule has 1 aromatic carbocycles. The molecule has 0 fully saturated rings. The summed E-state index contributed by atoms with van der Waals surface area (Å²) in [6, 6.07) is 7.03. The van der Waals surface area contributed by atoms with Crippen LogP contribution in [-0.2, 0) is 4.79 Å². The van der Waals surface area contributed by atoms with Crippen LogP contribution in [-0.4, -0.2) is 35.8 Å². The maximum Gasteiger partial charge on any atom is 0.234 e. The lowest BCUT2D eigenvalue weighted by Gasteiger charge is -2.11. The zero-order valence-electron chi connectivity index (χ0n) is 12.6. The molecule has 116 valence electrons. The Labute approximate surface area is 133 Å². The Morgan fingerprint density at radius 3 is 2.77 bits per heavy atom. The molecule has 0 bridgehead atoms. The van der Waals surface area contributed by atoms with Gasteiger partial charge in [-0.1, -0.05) is 11.8 Å². The summed E-state index contributed by atoms with van der Waals surface area (Å²) in [7, 11) is 3.12. The minimum absolute atomic E-state index is 0.165. The Morgan fingerprint density at radius 1 is 1.27 bits per heavy atom. The summed E-state index contributed by atoms with van der Waals surface area (Å²) < 4.78 is 10.4. The van der Waals surface area contributed by atoms with Crippen molar-refractivity contribution in [2.45, 2.75) is 12.1 Å². The summed E-state index contributed by atoms with van der Waals surface area (Å²) in [5.41, 5.74) is 1.44. The highest BCUT2D eigenvalue weighted by molar-refractivity contribution is 7.99. The van der Waals surface area contributed by atoms with Crippen molar-refractivity contribution < 1.29 is 14.3 Å². The Balaban J connectivity index is 1.99. The van der Waals surface area contributed by atoms with Crippen molar-refractivity contribution in [3.8, 4) is 11.5 Å². The third kappa shape index (κ3) is 4.36. The molecule has 0 aliphatic heterocycles. The molecule has 22 heavy (non-hydrogen) atoms. The number of carbonyl (C=O) groups excluding carboxylic acids is 1. The summed E-state index contributed by atoms with van der Waals surface area (Å²) in [6.07, 6.45) is 1.67. The molecule has 0 atom stereocenters. The van der Waals surface area contributed by atoms with E-state index in [0.717, 1.165) is 5.69 Å². The molecular formula is C15H17N3O3S. The lowest BCUT2D eigenvalue weighted by Crippen LogP contribution is -2.15. The van der Waals surface area contributed by atoms with Gasteiger partial charge >= 0.3 is 0 Å². The monoisotopic (exact) mass is 319 g/mol. The first-order valence-electron chi connectivity index (χ1n) is 6.56. The number of hydrogen-bond donors (Lipinski definition) is 1. The molecule has 0 radical (unpaired) electrons. The number of hydrogen-bond acceptors (Lipinski definition) is 6. The fraction of sp³-hybridized carbons (Fsp3) is 0.267. The van der Waals surface area contributed by atoms with E-state index in [2.05, 4.69) is 15.3 Å². The molecule has 0 spiro atoms. The van der Waals surface area contributed by atoms with E-state index < -0.39 is 0 Å². The normalized spacial score (nSPS) is 10.1. The molecule has 1 aromatic heterocycles. The van der Waals surface area contributed by atoms with Gasteiger partial charge in [-0.25, -0.2) is 9.97 Å². The fourth-order valence-electron chi connectivity index (χ4n) is 1.72. The maximum absolute atomic E-state index is 12.1. The van der Waals surface area contributed by atoms with Crippen molar-refractivity contribution in [2.24, 2.45) is 0 Å². The number of methoxy groups -OCH3 is 2. The standard InChI is InChI=1S/C15H17N3O3S/c1-10-6-7-16-15(17-10)22-9-14(19)18-12-8-11(20-2)4-5-13(12)21-3/h4-8H,9H2,1-3H3,(H,18,19). The summed E-state index contributed by atoms with van der Waals surface area (Å²) in [4.78, 5) is 20.4. The molecule has 0 aliphatic rings.